The number of morpholine rings is 1. The van der Waals surface area contributed by atoms with Crippen LogP contribution in [0.5, 0.6) is 0 Å². The minimum Gasteiger partial charge on any atom is -0.378 e. The number of anilines is 1. The van der Waals surface area contributed by atoms with Gasteiger partial charge in [-0.05, 0) is 30.9 Å². The second-order valence-corrected chi connectivity index (χ2v) is 7.04. The van der Waals surface area contributed by atoms with Crippen molar-refractivity contribution in [2.75, 3.05) is 56.3 Å². The largest absolute Gasteiger partial charge is 0.416 e. The number of halogens is 3. The van der Waals surface area contributed by atoms with Crippen LogP contribution in [-0.2, 0) is 17.5 Å². The van der Waals surface area contributed by atoms with Gasteiger partial charge in [-0.25, -0.2) is 4.99 Å². The van der Waals surface area contributed by atoms with Crippen molar-refractivity contribution in [2.45, 2.75) is 19.6 Å². The third-order valence-electron chi connectivity index (χ3n) is 4.13. The molecule has 0 radical (unpaired) electrons. The van der Waals surface area contributed by atoms with Gasteiger partial charge in [-0.15, -0.1) is 0 Å². The molecule has 1 fully saturated rings. The van der Waals surface area contributed by atoms with Gasteiger partial charge in [0.1, 0.15) is 0 Å². The first kappa shape index (κ1) is 21.7. The first-order valence-electron chi connectivity index (χ1n) is 8.99. The zero-order valence-corrected chi connectivity index (χ0v) is 16.6. The molecule has 0 saturated carbocycles. The Bertz CT molecular complexity index is 619. The first-order chi connectivity index (χ1) is 13.0. The lowest BCUT2D eigenvalue weighted by Crippen LogP contribution is -2.38. The van der Waals surface area contributed by atoms with Gasteiger partial charge in [0, 0.05) is 37.6 Å². The summed E-state index contributed by atoms with van der Waals surface area (Å²) < 4.78 is 46.0. The molecule has 2 N–H and O–H groups in total. The molecular formula is C18H27F3N4OS. The maximum atomic E-state index is 13.6. The van der Waals surface area contributed by atoms with Crippen molar-refractivity contribution in [3.8, 4) is 0 Å². The molecule has 1 aliphatic rings. The van der Waals surface area contributed by atoms with Crippen LogP contribution >= 0.6 is 11.8 Å². The van der Waals surface area contributed by atoms with E-state index in [-0.39, 0.29) is 12.1 Å². The predicted molar refractivity (Wildman–Crippen MR) is 106 cm³/mol. The summed E-state index contributed by atoms with van der Waals surface area (Å²) in [5.41, 5.74) is 0.111. The molecule has 0 unspecified atom stereocenters. The van der Waals surface area contributed by atoms with Crippen molar-refractivity contribution in [2.24, 2.45) is 4.99 Å². The molecule has 2 rings (SSSR count). The summed E-state index contributed by atoms with van der Waals surface area (Å²) >= 11 is 1.69. The van der Waals surface area contributed by atoms with Crippen LogP contribution in [0.4, 0.5) is 18.9 Å². The van der Waals surface area contributed by atoms with E-state index in [1.807, 2.05) is 18.1 Å². The van der Waals surface area contributed by atoms with Crippen LogP contribution in [0.15, 0.2) is 23.2 Å². The number of thioether (sulfide) groups is 1. The fourth-order valence-electron chi connectivity index (χ4n) is 2.76. The number of ether oxygens (including phenoxy) is 1. The lowest BCUT2D eigenvalue weighted by molar-refractivity contribution is -0.138. The van der Waals surface area contributed by atoms with E-state index in [0.717, 1.165) is 5.75 Å². The van der Waals surface area contributed by atoms with Crippen LogP contribution in [0, 0.1) is 0 Å². The van der Waals surface area contributed by atoms with Crippen molar-refractivity contribution >= 4 is 23.4 Å². The highest BCUT2D eigenvalue weighted by molar-refractivity contribution is 7.98. The van der Waals surface area contributed by atoms with E-state index in [2.05, 4.69) is 15.6 Å². The number of nitrogens with zero attached hydrogens (tertiary/aromatic N) is 2. The number of aliphatic imine (C=N–C) groups is 1. The summed E-state index contributed by atoms with van der Waals surface area (Å²) in [6, 6.07) is 4.49. The molecule has 1 heterocycles. The first-order valence-corrected chi connectivity index (χ1v) is 10.4. The number of hydrogen-bond donors (Lipinski definition) is 2. The molecule has 9 heteroatoms. The number of guanidine groups is 1. The van der Waals surface area contributed by atoms with Crippen LogP contribution in [-0.4, -0.2) is 57.4 Å². The standard InChI is InChI=1S/C18H27F3N4OS/c1-3-22-17(23-6-11-27-2)24-13-14-4-5-15(12-16(14)18(19,20)21)25-7-9-26-10-8-25/h4-5,12H,3,6-11,13H2,1-2H3,(H2,22,23,24). The van der Waals surface area contributed by atoms with E-state index < -0.39 is 11.7 Å². The topological polar surface area (TPSA) is 48.9 Å². The van der Waals surface area contributed by atoms with Gasteiger partial charge in [0.05, 0.1) is 25.3 Å². The average molecular weight is 405 g/mol. The smallest absolute Gasteiger partial charge is 0.378 e. The number of nitrogens with one attached hydrogen (secondary N) is 2. The minimum atomic E-state index is -4.42. The van der Waals surface area contributed by atoms with Gasteiger partial charge < -0.3 is 20.3 Å². The van der Waals surface area contributed by atoms with Crippen LogP contribution < -0.4 is 15.5 Å². The molecule has 0 amide bonds. The van der Waals surface area contributed by atoms with Gasteiger partial charge in [0.15, 0.2) is 5.96 Å². The Labute approximate surface area is 162 Å². The molecule has 1 saturated heterocycles. The van der Waals surface area contributed by atoms with Crippen molar-refractivity contribution in [1.29, 1.82) is 0 Å². The third-order valence-corrected chi connectivity index (χ3v) is 4.74. The number of hydrogen-bond acceptors (Lipinski definition) is 4. The summed E-state index contributed by atoms with van der Waals surface area (Å²) in [6.45, 7) is 5.49. The van der Waals surface area contributed by atoms with Crippen LogP contribution in [0.3, 0.4) is 0 Å². The molecule has 0 spiro atoms. The quantitative estimate of drug-likeness (QED) is 0.416. The summed E-state index contributed by atoms with van der Waals surface area (Å²) in [4.78, 5) is 6.24. The fraction of sp³-hybridized carbons (Fsp3) is 0.611. The Hall–Kier alpha value is -1.61. The summed E-state index contributed by atoms with van der Waals surface area (Å²) in [7, 11) is 0. The zero-order chi connectivity index (χ0) is 19.7. The lowest BCUT2D eigenvalue weighted by atomic mass is 10.1. The van der Waals surface area contributed by atoms with Crippen LogP contribution in [0.1, 0.15) is 18.1 Å². The second-order valence-electron chi connectivity index (χ2n) is 6.05. The molecular weight excluding hydrogens is 377 g/mol. The van der Waals surface area contributed by atoms with Gasteiger partial charge >= 0.3 is 6.18 Å². The normalized spacial score (nSPS) is 15.7. The number of rotatable bonds is 7. The number of benzene rings is 1. The molecule has 27 heavy (non-hydrogen) atoms. The zero-order valence-electron chi connectivity index (χ0n) is 15.7. The van der Waals surface area contributed by atoms with Gasteiger partial charge in [0.2, 0.25) is 0 Å². The fourth-order valence-corrected chi connectivity index (χ4v) is 3.07. The third kappa shape index (κ3) is 6.80. The van der Waals surface area contributed by atoms with Crippen molar-refractivity contribution < 1.29 is 17.9 Å². The van der Waals surface area contributed by atoms with Gasteiger partial charge in [-0.3, -0.25) is 0 Å². The Morgan fingerprint density at radius 3 is 2.63 bits per heavy atom. The molecule has 0 bridgehead atoms. The molecule has 1 aromatic carbocycles. The highest BCUT2D eigenvalue weighted by atomic mass is 32.2. The molecule has 1 aromatic rings. The molecule has 0 aromatic heterocycles. The van der Waals surface area contributed by atoms with E-state index in [1.165, 1.54) is 12.1 Å². The van der Waals surface area contributed by atoms with E-state index in [9.17, 15) is 13.2 Å². The van der Waals surface area contributed by atoms with Gasteiger partial charge in [-0.2, -0.15) is 24.9 Å². The Kier molecular flexibility index (Phi) is 8.56. The van der Waals surface area contributed by atoms with Gasteiger partial charge in [-0.1, -0.05) is 6.07 Å². The van der Waals surface area contributed by atoms with E-state index in [4.69, 9.17) is 4.74 Å². The van der Waals surface area contributed by atoms with Gasteiger partial charge in [0.25, 0.3) is 0 Å². The second kappa shape index (κ2) is 10.7. The van der Waals surface area contributed by atoms with Crippen molar-refractivity contribution in [1.82, 2.24) is 10.6 Å². The van der Waals surface area contributed by atoms with E-state index in [1.54, 1.807) is 17.8 Å². The van der Waals surface area contributed by atoms with Crippen LogP contribution in [0.25, 0.3) is 0 Å². The Morgan fingerprint density at radius 1 is 1.26 bits per heavy atom. The predicted octanol–water partition coefficient (Wildman–Crippen LogP) is 2.96. The highest BCUT2D eigenvalue weighted by Gasteiger charge is 2.34. The van der Waals surface area contributed by atoms with E-state index >= 15 is 0 Å². The lowest BCUT2D eigenvalue weighted by Gasteiger charge is -2.29. The molecule has 0 atom stereocenters. The summed E-state index contributed by atoms with van der Waals surface area (Å²) in [5, 5.41) is 6.19. The van der Waals surface area contributed by atoms with Crippen molar-refractivity contribution in [3.05, 3.63) is 29.3 Å². The average Bonchev–Trinajstić information content (AvgIpc) is 2.66. The Balaban J connectivity index is 2.19. The highest BCUT2D eigenvalue weighted by Crippen LogP contribution is 2.35. The summed E-state index contributed by atoms with van der Waals surface area (Å²) in [5.74, 6) is 1.42. The monoisotopic (exact) mass is 404 g/mol. The van der Waals surface area contributed by atoms with Crippen molar-refractivity contribution in [3.63, 3.8) is 0 Å². The Morgan fingerprint density at radius 2 is 2.00 bits per heavy atom. The maximum Gasteiger partial charge on any atom is 0.416 e. The van der Waals surface area contributed by atoms with Crippen LogP contribution in [0.2, 0.25) is 0 Å². The molecule has 152 valence electrons. The summed E-state index contributed by atoms with van der Waals surface area (Å²) in [6.07, 6.45) is -2.42. The maximum absolute atomic E-state index is 13.6. The van der Waals surface area contributed by atoms with E-state index in [0.29, 0.717) is 51.0 Å². The molecule has 1 aliphatic heterocycles. The SMILES string of the molecule is CCNC(=NCc1ccc(N2CCOCC2)cc1C(F)(F)F)NCCSC. The minimum absolute atomic E-state index is 0.0349. The molecule has 0 aliphatic carbocycles. The number of alkyl halides is 3. The molecule has 5 nitrogen and oxygen atoms in total.